The molecule has 1 unspecified atom stereocenters. The van der Waals surface area contributed by atoms with Crippen molar-refractivity contribution >= 4 is 15.9 Å². The molecular weight excluding hydrogens is 306 g/mol. The number of rotatable bonds is 5. The summed E-state index contributed by atoms with van der Waals surface area (Å²) in [6.45, 7) is 7.19. The number of benzene rings is 1. The van der Waals surface area contributed by atoms with Crippen molar-refractivity contribution in [3.8, 4) is 17.6 Å². The van der Waals surface area contributed by atoms with Crippen LogP contribution in [0.4, 0.5) is 0 Å². The summed E-state index contributed by atoms with van der Waals surface area (Å²) >= 11 is 3.53. The number of nitriles is 1. The lowest BCUT2D eigenvalue weighted by Crippen LogP contribution is -2.27. The van der Waals surface area contributed by atoms with Gasteiger partial charge in [0.2, 0.25) is 0 Å². The van der Waals surface area contributed by atoms with Crippen molar-refractivity contribution in [2.24, 2.45) is 11.3 Å². The standard InChI is InChI=1S/C15H20BrNO2/c1-15(2,3)12(8-16)10-19-13-6-5-11(9-17)7-14(13)18-4/h5-7,12H,8,10H2,1-4H3. The van der Waals surface area contributed by atoms with Gasteiger partial charge in [0, 0.05) is 17.3 Å². The lowest BCUT2D eigenvalue weighted by atomic mass is 9.83. The predicted molar refractivity (Wildman–Crippen MR) is 79.9 cm³/mol. The van der Waals surface area contributed by atoms with Crippen LogP contribution in [0.3, 0.4) is 0 Å². The normalized spacial score (nSPS) is 12.6. The Bertz CT molecular complexity index is 460. The third-order valence-corrected chi connectivity index (χ3v) is 3.93. The summed E-state index contributed by atoms with van der Waals surface area (Å²) in [6.07, 6.45) is 0. The first-order chi connectivity index (χ1) is 8.92. The Hall–Kier alpha value is -1.21. The van der Waals surface area contributed by atoms with Crippen LogP contribution >= 0.6 is 15.9 Å². The van der Waals surface area contributed by atoms with Crippen molar-refractivity contribution in [1.82, 2.24) is 0 Å². The SMILES string of the molecule is COc1cc(C#N)ccc1OCC(CBr)C(C)(C)C. The molecule has 104 valence electrons. The van der Waals surface area contributed by atoms with Crippen LogP contribution in [0.1, 0.15) is 26.3 Å². The minimum atomic E-state index is 0.170. The quantitative estimate of drug-likeness (QED) is 0.768. The van der Waals surface area contributed by atoms with Crippen molar-refractivity contribution < 1.29 is 9.47 Å². The first-order valence-electron chi connectivity index (χ1n) is 6.19. The van der Waals surface area contributed by atoms with Crippen LogP contribution in [0.2, 0.25) is 0 Å². The maximum atomic E-state index is 8.86. The van der Waals surface area contributed by atoms with Crippen LogP contribution in [0.15, 0.2) is 18.2 Å². The zero-order valence-corrected chi connectivity index (χ0v) is 13.5. The summed E-state index contributed by atoms with van der Waals surface area (Å²) in [5.74, 6) is 1.67. The Kier molecular flexibility index (Phi) is 5.68. The van der Waals surface area contributed by atoms with Gasteiger partial charge in [-0.3, -0.25) is 0 Å². The summed E-state index contributed by atoms with van der Waals surface area (Å²) in [6, 6.07) is 7.29. The fourth-order valence-electron chi connectivity index (χ4n) is 1.57. The van der Waals surface area contributed by atoms with Gasteiger partial charge < -0.3 is 9.47 Å². The summed E-state index contributed by atoms with van der Waals surface area (Å²) in [5.41, 5.74) is 0.737. The number of ether oxygens (including phenoxy) is 2. The largest absolute Gasteiger partial charge is 0.493 e. The molecule has 1 aromatic carbocycles. The van der Waals surface area contributed by atoms with E-state index in [1.54, 1.807) is 25.3 Å². The number of nitrogens with zero attached hydrogens (tertiary/aromatic N) is 1. The third-order valence-electron chi connectivity index (χ3n) is 3.14. The molecule has 0 spiro atoms. The van der Waals surface area contributed by atoms with Gasteiger partial charge in [0.25, 0.3) is 0 Å². The topological polar surface area (TPSA) is 42.2 Å². The number of hydrogen-bond acceptors (Lipinski definition) is 3. The molecule has 3 nitrogen and oxygen atoms in total. The highest BCUT2D eigenvalue weighted by Crippen LogP contribution is 2.32. The van der Waals surface area contributed by atoms with Gasteiger partial charge in [0.05, 0.1) is 25.3 Å². The van der Waals surface area contributed by atoms with E-state index in [2.05, 4.69) is 42.8 Å². The Balaban J connectivity index is 2.80. The molecule has 0 N–H and O–H groups in total. The summed E-state index contributed by atoms with van der Waals surface area (Å²) < 4.78 is 11.1. The Morgan fingerprint density at radius 3 is 2.47 bits per heavy atom. The van der Waals surface area contributed by atoms with Crippen LogP contribution in [0, 0.1) is 22.7 Å². The predicted octanol–water partition coefficient (Wildman–Crippen LogP) is 4.00. The molecule has 0 saturated carbocycles. The van der Waals surface area contributed by atoms with Gasteiger partial charge in [-0.2, -0.15) is 5.26 Å². The summed E-state index contributed by atoms with van der Waals surface area (Å²) in [4.78, 5) is 0. The molecule has 0 heterocycles. The van der Waals surface area contributed by atoms with Crippen LogP contribution in [0.25, 0.3) is 0 Å². The molecule has 0 aliphatic rings. The van der Waals surface area contributed by atoms with Crippen LogP contribution < -0.4 is 9.47 Å². The lowest BCUT2D eigenvalue weighted by molar-refractivity contribution is 0.162. The molecule has 4 heteroatoms. The van der Waals surface area contributed by atoms with Crippen molar-refractivity contribution in [2.45, 2.75) is 20.8 Å². The second-order valence-electron chi connectivity index (χ2n) is 5.51. The van der Waals surface area contributed by atoms with Crippen LogP contribution in [0.5, 0.6) is 11.5 Å². The average Bonchev–Trinajstić information content (AvgIpc) is 2.38. The summed E-state index contributed by atoms with van der Waals surface area (Å²) in [5, 5.41) is 9.74. The molecule has 1 atom stereocenters. The first kappa shape index (κ1) is 15.8. The molecule has 1 rings (SSSR count). The average molecular weight is 326 g/mol. The number of hydrogen-bond donors (Lipinski definition) is 0. The molecule has 19 heavy (non-hydrogen) atoms. The highest BCUT2D eigenvalue weighted by atomic mass is 79.9. The molecule has 0 fully saturated rings. The highest BCUT2D eigenvalue weighted by Gasteiger charge is 2.24. The second-order valence-corrected chi connectivity index (χ2v) is 6.15. The zero-order valence-electron chi connectivity index (χ0n) is 11.9. The highest BCUT2D eigenvalue weighted by molar-refractivity contribution is 9.09. The van der Waals surface area contributed by atoms with E-state index in [0.29, 0.717) is 29.6 Å². The minimum absolute atomic E-state index is 0.170. The maximum Gasteiger partial charge on any atom is 0.162 e. The molecular formula is C15H20BrNO2. The maximum absolute atomic E-state index is 8.86. The molecule has 0 bridgehead atoms. The molecule has 1 aromatic rings. The van der Waals surface area contributed by atoms with Crippen LogP contribution in [-0.2, 0) is 0 Å². The van der Waals surface area contributed by atoms with Crippen molar-refractivity contribution in [3.05, 3.63) is 23.8 Å². The molecule has 0 radical (unpaired) electrons. The monoisotopic (exact) mass is 325 g/mol. The van der Waals surface area contributed by atoms with E-state index in [9.17, 15) is 0 Å². The van der Waals surface area contributed by atoms with Crippen molar-refractivity contribution in [3.63, 3.8) is 0 Å². The molecule has 0 saturated heterocycles. The Morgan fingerprint density at radius 1 is 1.32 bits per heavy atom. The number of alkyl halides is 1. The third kappa shape index (κ3) is 4.43. The molecule has 0 aliphatic carbocycles. The van der Waals surface area contributed by atoms with Gasteiger partial charge in [0.1, 0.15) is 0 Å². The number of halogens is 1. The van der Waals surface area contributed by atoms with E-state index in [4.69, 9.17) is 14.7 Å². The lowest BCUT2D eigenvalue weighted by Gasteiger charge is -2.29. The fraction of sp³-hybridized carbons (Fsp3) is 0.533. The van der Waals surface area contributed by atoms with Crippen LogP contribution in [-0.4, -0.2) is 19.0 Å². The van der Waals surface area contributed by atoms with Gasteiger partial charge in [0.15, 0.2) is 11.5 Å². The smallest absolute Gasteiger partial charge is 0.162 e. The van der Waals surface area contributed by atoms with Crippen molar-refractivity contribution in [1.29, 1.82) is 5.26 Å². The summed E-state index contributed by atoms with van der Waals surface area (Å²) in [7, 11) is 1.58. The van der Waals surface area contributed by atoms with E-state index in [1.165, 1.54) is 0 Å². The van der Waals surface area contributed by atoms with E-state index in [-0.39, 0.29) is 5.41 Å². The molecule has 0 aliphatic heterocycles. The van der Waals surface area contributed by atoms with Gasteiger partial charge in [-0.05, 0) is 17.5 Å². The molecule has 0 amide bonds. The van der Waals surface area contributed by atoms with E-state index < -0.39 is 0 Å². The fourth-order valence-corrected chi connectivity index (χ4v) is 2.73. The zero-order chi connectivity index (χ0) is 14.5. The van der Waals surface area contributed by atoms with Gasteiger partial charge >= 0.3 is 0 Å². The minimum Gasteiger partial charge on any atom is -0.493 e. The van der Waals surface area contributed by atoms with Gasteiger partial charge in [-0.15, -0.1) is 0 Å². The van der Waals surface area contributed by atoms with Gasteiger partial charge in [-0.1, -0.05) is 36.7 Å². The van der Waals surface area contributed by atoms with Gasteiger partial charge in [-0.25, -0.2) is 0 Å². The Morgan fingerprint density at radius 2 is 2.00 bits per heavy atom. The molecule has 0 aromatic heterocycles. The number of methoxy groups -OCH3 is 1. The second kappa shape index (κ2) is 6.81. The van der Waals surface area contributed by atoms with E-state index >= 15 is 0 Å². The van der Waals surface area contributed by atoms with Crippen molar-refractivity contribution in [2.75, 3.05) is 19.0 Å². The van der Waals surface area contributed by atoms with E-state index in [1.807, 2.05) is 0 Å². The Labute approximate surface area is 123 Å². The first-order valence-corrected chi connectivity index (χ1v) is 7.31. The van der Waals surface area contributed by atoms with E-state index in [0.717, 1.165) is 5.33 Å².